The first-order valence-electron chi connectivity index (χ1n) is 3.02. The van der Waals surface area contributed by atoms with Crippen LogP contribution >= 0.6 is 0 Å². The fourth-order valence-corrected chi connectivity index (χ4v) is 0.448. The summed E-state index contributed by atoms with van der Waals surface area (Å²) in [6, 6.07) is 2.13. The Kier molecular flexibility index (Phi) is 4.85. The standard InChI is InChI=1S/C7H12N2/c1-3-4-9-6-7(2)5-8/h3,7,9H,1,4,6H2,2H3. The smallest absolute Gasteiger partial charge is 0.0666 e. The number of hydrogen-bond acceptors (Lipinski definition) is 2. The summed E-state index contributed by atoms with van der Waals surface area (Å²) >= 11 is 0. The molecule has 0 aliphatic heterocycles. The van der Waals surface area contributed by atoms with Gasteiger partial charge in [-0.25, -0.2) is 0 Å². The van der Waals surface area contributed by atoms with Crippen LogP contribution in [0.4, 0.5) is 0 Å². The zero-order valence-electron chi connectivity index (χ0n) is 5.72. The lowest BCUT2D eigenvalue weighted by Crippen LogP contribution is -2.19. The maximum absolute atomic E-state index is 8.32. The van der Waals surface area contributed by atoms with Gasteiger partial charge in [0.1, 0.15) is 0 Å². The maximum atomic E-state index is 8.32. The van der Waals surface area contributed by atoms with Gasteiger partial charge in [0.15, 0.2) is 0 Å². The Balaban J connectivity index is 3.08. The minimum absolute atomic E-state index is 0.102. The highest BCUT2D eigenvalue weighted by Crippen LogP contribution is 1.85. The molecule has 9 heavy (non-hydrogen) atoms. The normalized spacial score (nSPS) is 12.0. The number of hydrogen-bond donors (Lipinski definition) is 1. The van der Waals surface area contributed by atoms with Crippen molar-refractivity contribution in [3.05, 3.63) is 12.7 Å². The lowest BCUT2D eigenvalue weighted by atomic mass is 10.2. The molecular weight excluding hydrogens is 112 g/mol. The van der Waals surface area contributed by atoms with E-state index in [2.05, 4.69) is 18.0 Å². The Morgan fingerprint density at radius 1 is 1.89 bits per heavy atom. The first kappa shape index (κ1) is 8.19. The molecule has 0 bridgehead atoms. The second-order valence-electron chi connectivity index (χ2n) is 1.98. The molecule has 2 heteroatoms. The minimum Gasteiger partial charge on any atom is -0.312 e. The Morgan fingerprint density at radius 2 is 2.56 bits per heavy atom. The second kappa shape index (κ2) is 5.33. The van der Waals surface area contributed by atoms with Gasteiger partial charge in [0.2, 0.25) is 0 Å². The number of rotatable bonds is 4. The van der Waals surface area contributed by atoms with Gasteiger partial charge in [0.25, 0.3) is 0 Å². The summed E-state index contributed by atoms with van der Waals surface area (Å²) in [4.78, 5) is 0. The highest BCUT2D eigenvalue weighted by atomic mass is 14.8. The summed E-state index contributed by atoms with van der Waals surface area (Å²) in [5, 5.41) is 11.4. The van der Waals surface area contributed by atoms with E-state index in [9.17, 15) is 0 Å². The van der Waals surface area contributed by atoms with Crippen molar-refractivity contribution in [1.82, 2.24) is 5.32 Å². The van der Waals surface area contributed by atoms with Crippen molar-refractivity contribution in [1.29, 1.82) is 5.26 Å². The van der Waals surface area contributed by atoms with Crippen LogP contribution in [0.2, 0.25) is 0 Å². The molecule has 0 aromatic heterocycles. The molecule has 0 aliphatic rings. The topological polar surface area (TPSA) is 35.8 Å². The molecule has 0 amide bonds. The number of nitrogens with one attached hydrogen (secondary N) is 1. The van der Waals surface area contributed by atoms with E-state index in [1.807, 2.05) is 6.92 Å². The van der Waals surface area contributed by atoms with Gasteiger partial charge in [-0.1, -0.05) is 6.08 Å². The Hall–Kier alpha value is -0.810. The summed E-state index contributed by atoms with van der Waals surface area (Å²) in [6.07, 6.45) is 1.78. The van der Waals surface area contributed by atoms with Crippen LogP contribution in [0.1, 0.15) is 6.92 Å². The van der Waals surface area contributed by atoms with E-state index < -0.39 is 0 Å². The van der Waals surface area contributed by atoms with Gasteiger partial charge in [-0.15, -0.1) is 6.58 Å². The minimum atomic E-state index is 0.102. The van der Waals surface area contributed by atoms with Crippen LogP contribution in [0.25, 0.3) is 0 Å². The van der Waals surface area contributed by atoms with E-state index in [0.29, 0.717) is 0 Å². The molecule has 1 unspecified atom stereocenters. The summed E-state index contributed by atoms with van der Waals surface area (Å²) in [5.74, 6) is 0.102. The van der Waals surface area contributed by atoms with Gasteiger partial charge in [0.05, 0.1) is 12.0 Å². The van der Waals surface area contributed by atoms with Crippen LogP contribution in [0.3, 0.4) is 0 Å². The van der Waals surface area contributed by atoms with Crippen molar-refractivity contribution in [2.75, 3.05) is 13.1 Å². The van der Waals surface area contributed by atoms with Crippen LogP contribution in [0, 0.1) is 17.2 Å². The highest BCUT2D eigenvalue weighted by Gasteiger charge is 1.94. The Morgan fingerprint density at radius 3 is 3.00 bits per heavy atom. The van der Waals surface area contributed by atoms with E-state index in [4.69, 9.17) is 5.26 Å². The molecule has 1 N–H and O–H groups in total. The fourth-order valence-electron chi connectivity index (χ4n) is 0.448. The van der Waals surface area contributed by atoms with Crippen molar-refractivity contribution < 1.29 is 0 Å². The van der Waals surface area contributed by atoms with Gasteiger partial charge >= 0.3 is 0 Å². The third kappa shape index (κ3) is 5.05. The SMILES string of the molecule is C=CCNCC(C)C#N. The molecule has 0 rings (SSSR count). The molecule has 0 aromatic carbocycles. The van der Waals surface area contributed by atoms with Gasteiger partial charge < -0.3 is 5.32 Å². The predicted octanol–water partition coefficient (Wildman–Crippen LogP) is 0.922. The van der Waals surface area contributed by atoms with E-state index >= 15 is 0 Å². The third-order valence-corrected chi connectivity index (χ3v) is 0.960. The molecule has 0 saturated carbocycles. The van der Waals surface area contributed by atoms with Gasteiger partial charge in [-0.05, 0) is 6.92 Å². The molecule has 0 saturated heterocycles. The molecule has 1 atom stereocenters. The second-order valence-corrected chi connectivity index (χ2v) is 1.98. The van der Waals surface area contributed by atoms with Crippen molar-refractivity contribution in [3.8, 4) is 6.07 Å². The Labute approximate surface area is 56.2 Å². The van der Waals surface area contributed by atoms with E-state index in [1.165, 1.54) is 0 Å². The van der Waals surface area contributed by atoms with Crippen LogP contribution in [0.5, 0.6) is 0 Å². The molecule has 0 heterocycles. The lowest BCUT2D eigenvalue weighted by molar-refractivity contribution is 0.636. The molecule has 0 aliphatic carbocycles. The van der Waals surface area contributed by atoms with Gasteiger partial charge in [-0.2, -0.15) is 5.26 Å². The largest absolute Gasteiger partial charge is 0.312 e. The Bertz CT molecular complexity index is 113. The number of nitrogens with zero attached hydrogens (tertiary/aromatic N) is 1. The number of nitriles is 1. The zero-order valence-corrected chi connectivity index (χ0v) is 5.72. The first-order chi connectivity index (χ1) is 4.31. The summed E-state index contributed by atoms with van der Waals surface area (Å²) in [6.45, 7) is 6.96. The third-order valence-electron chi connectivity index (χ3n) is 0.960. The summed E-state index contributed by atoms with van der Waals surface area (Å²) in [5.41, 5.74) is 0. The van der Waals surface area contributed by atoms with Crippen molar-refractivity contribution in [3.63, 3.8) is 0 Å². The van der Waals surface area contributed by atoms with Crippen LogP contribution in [-0.4, -0.2) is 13.1 Å². The van der Waals surface area contributed by atoms with Crippen molar-refractivity contribution in [2.24, 2.45) is 5.92 Å². The molecular formula is C7H12N2. The quantitative estimate of drug-likeness (QED) is 0.447. The van der Waals surface area contributed by atoms with E-state index in [1.54, 1.807) is 6.08 Å². The van der Waals surface area contributed by atoms with E-state index in [-0.39, 0.29) is 5.92 Å². The molecule has 0 spiro atoms. The van der Waals surface area contributed by atoms with Crippen molar-refractivity contribution >= 4 is 0 Å². The van der Waals surface area contributed by atoms with Gasteiger partial charge in [-0.3, -0.25) is 0 Å². The molecule has 0 radical (unpaired) electrons. The van der Waals surface area contributed by atoms with Crippen LogP contribution in [-0.2, 0) is 0 Å². The molecule has 2 nitrogen and oxygen atoms in total. The summed E-state index contributed by atoms with van der Waals surface area (Å²) in [7, 11) is 0. The van der Waals surface area contributed by atoms with Crippen molar-refractivity contribution in [2.45, 2.75) is 6.92 Å². The van der Waals surface area contributed by atoms with Gasteiger partial charge in [0, 0.05) is 13.1 Å². The first-order valence-corrected chi connectivity index (χ1v) is 3.02. The zero-order chi connectivity index (χ0) is 7.11. The predicted molar refractivity (Wildman–Crippen MR) is 37.8 cm³/mol. The fraction of sp³-hybridized carbons (Fsp3) is 0.571. The van der Waals surface area contributed by atoms with E-state index in [0.717, 1.165) is 13.1 Å². The molecule has 50 valence electrons. The highest BCUT2D eigenvalue weighted by molar-refractivity contribution is 4.81. The maximum Gasteiger partial charge on any atom is 0.0666 e. The molecule has 0 aromatic rings. The lowest BCUT2D eigenvalue weighted by Gasteiger charge is -2.00. The van der Waals surface area contributed by atoms with Crippen LogP contribution < -0.4 is 5.32 Å². The van der Waals surface area contributed by atoms with Crippen LogP contribution in [0.15, 0.2) is 12.7 Å². The average molecular weight is 124 g/mol. The summed E-state index contributed by atoms with van der Waals surface area (Å²) < 4.78 is 0. The average Bonchev–Trinajstić information content (AvgIpc) is 1.89. The monoisotopic (exact) mass is 124 g/mol. The molecule has 0 fully saturated rings.